The van der Waals surface area contributed by atoms with Crippen LogP contribution >= 0.6 is 28.3 Å². The molecule has 0 saturated heterocycles. The largest absolute Gasteiger partial charge is 0.396 e. The molecule has 1 atom stereocenters. The summed E-state index contributed by atoms with van der Waals surface area (Å²) in [4.78, 5) is 4.10. The molecule has 0 amide bonds. The van der Waals surface area contributed by atoms with Crippen molar-refractivity contribution in [1.29, 1.82) is 0 Å². The van der Waals surface area contributed by atoms with E-state index >= 15 is 0 Å². The third-order valence-electron chi connectivity index (χ3n) is 2.37. The molecule has 0 bridgehead atoms. The Hall–Kier alpha value is -0.160. The quantitative estimate of drug-likeness (QED) is 0.841. The number of rotatable bonds is 3. The van der Waals surface area contributed by atoms with Crippen molar-refractivity contribution in [2.45, 2.75) is 19.9 Å². The summed E-state index contributed by atoms with van der Waals surface area (Å²) < 4.78 is 0.744. The van der Waals surface area contributed by atoms with Crippen LogP contribution in [0.1, 0.15) is 25.5 Å². The van der Waals surface area contributed by atoms with Crippen LogP contribution in [0.5, 0.6) is 0 Å². The monoisotopic (exact) mass is 294 g/mol. The zero-order chi connectivity index (χ0) is 10.8. The third-order valence-corrected chi connectivity index (χ3v) is 3.04. The Morgan fingerprint density at radius 2 is 2.20 bits per heavy atom. The molecule has 0 radical (unpaired) electrons. The summed E-state index contributed by atoms with van der Waals surface area (Å²) in [5, 5.41) is 9.20. The van der Waals surface area contributed by atoms with Gasteiger partial charge in [-0.1, -0.05) is 19.9 Å². The zero-order valence-corrected chi connectivity index (χ0v) is 11.2. The van der Waals surface area contributed by atoms with Gasteiger partial charge in [0.15, 0.2) is 0 Å². The molecule has 0 spiro atoms. The van der Waals surface area contributed by atoms with E-state index in [0.29, 0.717) is 0 Å². The van der Waals surface area contributed by atoms with E-state index in [0.717, 1.165) is 10.2 Å². The van der Waals surface area contributed by atoms with Gasteiger partial charge in [0, 0.05) is 29.8 Å². The van der Waals surface area contributed by atoms with E-state index in [-0.39, 0.29) is 30.5 Å². The Labute approximate surface area is 105 Å². The van der Waals surface area contributed by atoms with Gasteiger partial charge < -0.3 is 10.8 Å². The summed E-state index contributed by atoms with van der Waals surface area (Å²) in [5.74, 6) is 0. The van der Waals surface area contributed by atoms with Crippen LogP contribution in [-0.4, -0.2) is 16.7 Å². The highest BCUT2D eigenvalue weighted by Gasteiger charge is 2.28. The van der Waals surface area contributed by atoms with Crippen LogP contribution < -0.4 is 5.73 Å². The maximum Gasteiger partial charge on any atom is 0.110 e. The molecule has 1 aromatic heterocycles. The number of hydrogen-bond donors (Lipinski definition) is 2. The molecule has 1 rings (SSSR count). The SMILES string of the molecule is CC(C)(CO)[C@H](N)c1cccnc1Br.Cl. The van der Waals surface area contributed by atoms with Crippen LogP contribution in [0, 0.1) is 5.41 Å². The first kappa shape index (κ1) is 14.8. The topological polar surface area (TPSA) is 59.1 Å². The average molecular weight is 296 g/mol. The van der Waals surface area contributed by atoms with E-state index in [4.69, 9.17) is 5.73 Å². The molecule has 0 saturated carbocycles. The first-order valence-electron chi connectivity index (χ1n) is 4.46. The lowest BCUT2D eigenvalue weighted by Crippen LogP contribution is -2.32. The fraction of sp³-hybridized carbons (Fsp3) is 0.500. The molecule has 3 nitrogen and oxygen atoms in total. The Bertz CT molecular complexity index is 320. The van der Waals surface area contributed by atoms with Crippen molar-refractivity contribution in [3.05, 3.63) is 28.5 Å². The van der Waals surface area contributed by atoms with Gasteiger partial charge in [0.25, 0.3) is 0 Å². The number of aliphatic hydroxyl groups is 1. The Morgan fingerprint density at radius 3 is 2.67 bits per heavy atom. The number of pyridine rings is 1. The summed E-state index contributed by atoms with van der Waals surface area (Å²) in [7, 11) is 0. The van der Waals surface area contributed by atoms with Crippen molar-refractivity contribution < 1.29 is 5.11 Å². The number of halogens is 2. The van der Waals surface area contributed by atoms with Crippen molar-refractivity contribution in [3.63, 3.8) is 0 Å². The number of aliphatic hydroxyl groups excluding tert-OH is 1. The van der Waals surface area contributed by atoms with Gasteiger partial charge in [-0.05, 0) is 22.0 Å². The average Bonchev–Trinajstić information content (AvgIpc) is 2.17. The Kier molecular flexibility index (Phi) is 5.73. The lowest BCUT2D eigenvalue weighted by atomic mass is 9.82. The molecule has 3 N–H and O–H groups in total. The van der Waals surface area contributed by atoms with Crippen LogP contribution in [0.3, 0.4) is 0 Å². The first-order chi connectivity index (χ1) is 6.49. The molecule has 0 aliphatic rings. The third kappa shape index (κ3) is 3.41. The van der Waals surface area contributed by atoms with E-state index < -0.39 is 0 Å². The predicted molar refractivity (Wildman–Crippen MR) is 67.0 cm³/mol. The molecule has 86 valence electrons. The van der Waals surface area contributed by atoms with E-state index in [1.165, 1.54) is 0 Å². The molecule has 5 heteroatoms. The molecule has 15 heavy (non-hydrogen) atoms. The molecule has 1 heterocycles. The van der Waals surface area contributed by atoms with Gasteiger partial charge in [-0.25, -0.2) is 4.98 Å². The summed E-state index contributed by atoms with van der Waals surface area (Å²) in [6.07, 6.45) is 1.70. The minimum atomic E-state index is -0.342. The van der Waals surface area contributed by atoms with E-state index in [1.807, 2.05) is 26.0 Å². The second-order valence-electron chi connectivity index (χ2n) is 4.01. The number of nitrogens with zero attached hydrogens (tertiary/aromatic N) is 1. The van der Waals surface area contributed by atoms with Gasteiger partial charge in [0.2, 0.25) is 0 Å². The maximum absolute atomic E-state index is 9.20. The second-order valence-corrected chi connectivity index (χ2v) is 4.76. The molecule has 0 aromatic carbocycles. The van der Waals surface area contributed by atoms with Gasteiger partial charge in [-0.15, -0.1) is 12.4 Å². The number of hydrogen-bond acceptors (Lipinski definition) is 3. The molecular formula is C10H16BrClN2O. The smallest absolute Gasteiger partial charge is 0.110 e. The van der Waals surface area contributed by atoms with Crippen molar-refractivity contribution in [1.82, 2.24) is 4.98 Å². The molecule has 0 aliphatic carbocycles. The molecule has 0 unspecified atom stereocenters. The van der Waals surface area contributed by atoms with E-state index in [2.05, 4.69) is 20.9 Å². The normalized spacial score (nSPS) is 13.1. The summed E-state index contributed by atoms with van der Waals surface area (Å²) in [6, 6.07) is 3.53. The van der Waals surface area contributed by atoms with Gasteiger partial charge in [0.05, 0.1) is 0 Å². The van der Waals surface area contributed by atoms with Crippen LogP contribution in [0.4, 0.5) is 0 Å². The summed E-state index contributed by atoms with van der Waals surface area (Å²) in [5.41, 5.74) is 6.64. The van der Waals surface area contributed by atoms with E-state index in [9.17, 15) is 5.11 Å². The standard InChI is InChI=1S/C10H15BrN2O.ClH/c1-10(2,6-14)8(12)7-4-3-5-13-9(7)11;/h3-5,8,14H,6,12H2,1-2H3;1H/t8-;/m1./s1. The summed E-state index contributed by atoms with van der Waals surface area (Å²) >= 11 is 3.35. The fourth-order valence-electron chi connectivity index (χ4n) is 1.15. The van der Waals surface area contributed by atoms with Crippen molar-refractivity contribution in [2.75, 3.05) is 6.61 Å². The van der Waals surface area contributed by atoms with Gasteiger partial charge in [-0.3, -0.25) is 0 Å². The second kappa shape index (κ2) is 5.80. The first-order valence-corrected chi connectivity index (χ1v) is 5.25. The summed E-state index contributed by atoms with van der Waals surface area (Å²) in [6.45, 7) is 3.91. The number of aromatic nitrogens is 1. The molecule has 0 fully saturated rings. The van der Waals surface area contributed by atoms with Gasteiger partial charge in [0.1, 0.15) is 4.60 Å². The minimum Gasteiger partial charge on any atom is -0.396 e. The molecule has 0 aliphatic heterocycles. The van der Waals surface area contributed by atoms with Crippen molar-refractivity contribution in [2.24, 2.45) is 11.1 Å². The fourth-order valence-corrected chi connectivity index (χ4v) is 1.65. The van der Waals surface area contributed by atoms with Crippen LogP contribution in [0.2, 0.25) is 0 Å². The molecular weight excluding hydrogens is 279 g/mol. The van der Waals surface area contributed by atoms with E-state index in [1.54, 1.807) is 6.20 Å². The van der Waals surface area contributed by atoms with Gasteiger partial charge >= 0.3 is 0 Å². The van der Waals surface area contributed by atoms with Crippen molar-refractivity contribution >= 4 is 28.3 Å². The van der Waals surface area contributed by atoms with Crippen molar-refractivity contribution in [3.8, 4) is 0 Å². The highest BCUT2D eigenvalue weighted by molar-refractivity contribution is 9.10. The van der Waals surface area contributed by atoms with Gasteiger partial charge in [-0.2, -0.15) is 0 Å². The lowest BCUT2D eigenvalue weighted by Gasteiger charge is -2.29. The molecule has 1 aromatic rings. The highest BCUT2D eigenvalue weighted by Crippen LogP contribution is 2.33. The van der Waals surface area contributed by atoms with Crippen LogP contribution in [-0.2, 0) is 0 Å². The van der Waals surface area contributed by atoms with Crippen LogP contribution in [0.15, 0.2) is 22.9 Å². The Balaban J connectivity index is 0.00000196. The maximum atomic E-state index is 9.20. The van der Waals surface area contributed by atoms with Crippen LogP contribution in [0.25, 0.3) is 0 Å². The predicted octanol–water partition coefficient (Wildman–Crippen LogP) is 2.28. The minimum absolute atomic E-state index is 0. The Morgan fingerprint density at radius 1 is 1.60 bits per heavy atom. The lowest BCUT2D eigenvalue weighted by molar-refractivity contribution is 0.132. The highest BCUT2D eigenvalue weighted by atomic mass is 79.9. The number of nitrogens with two attached hydrogens (primary N) is 1. The zero-order valence-electron chi connectivity index (χ0n) is 8.77.